The number of amides is 3. The summed E-state index contributed by atoms with van der Waals surface area (Å²) in [6.07, 6.45) is 4.79. The molecular weight excluding hydrogens is 1020 g/mol. The summed E-state index contributed by atoms with van der Waals surface area (Å²) in [7, 11) is -4.85. The molecule has 3 atom stereocenters. The predicted molar refractivity (Wildman–Crippen MR) is 316 cm³/mol. The van der Waals surface area contributed by atoms with Crippen LogP contribution >= 0.6 is 0 Å². The highest BCUT2D eigenvalue weighted by molar-refractivity contribution is 6.59. The maximum absolute atomic E-state index is 13.1. The number of rotatable bonds is 35. The van der Waals surface area contributed by atoms with Gasteiger partial charge in [0.15, 0.2) is 0 Å². The highest BCUT2D eigenvalue weighted by atomic mass is 16.5. The van der Waals surface area contributed by atoms with Gasteiger partial charge in [0.25, 0.3) is 17.7 Å². The molecule has 0 bridgehead atoms. The molecule has 438 valence electrons. The average Bonchev–Trinajstić information content (AvgIpc) is 3.39. The summed E-state index contributed by atoms with van der Waals surface area (Å²) in [6.45, 7) is 26.2. The summed E-state index contributed by atoms with van der Waals surface area (Å²) < 4.78 is 19.5. The van der Waals surface area contributed by atoms with Crippen molar-refractivity contribution in [3.63, 3.8) is 0 Å². The summed E-state index contributed by atoms with van der Waals surface area (Å²) in [4.78, 5) is 53.4. The number of hydrogen-bond acceptors (Lipinski definition) is 18. The summed E-state index contributed by atoms with van der Waals surface area (Å²) in [6, 6.07) is 18.3. The maximum Gasteiger partial charge on any atom is 0.488 e. The van der Waals surface area contributed by atoms with Crippen LogP contribution < -0.4 is 48.3 Å². The first-order chi connectivity index (χ1) is 37.4. The molecule has 0 radical (unpaired) electrons. The lowest BCUT2D eigenvalue weighted by Crippen LogP contribution is -2.45. The molecule has 1 aromatic heterocycles. The van der Waals surface area contributed by atoms with E-state index in [9.17, 15) is 44.5 Å². The Hall–Kier alpha value is -5.69. The van der Waals surface area contributed by atoms with Crippen molar-refractivity contribution >= 4 is 73.3 Å². The smallest absolute Gasteiger partial charge is 0.423 e. The van der Waals surface area contributed by atoms with Crippen LogP contribution in [0.15, 0.2) is 72.8 Å². The Labute approximate surface area is 474 Å². The SMILES string of the molecule is CCC(C)(COC(C)(CC)CCNC(=O)c1ccc(B(O)O)cc1)Nc1nc(NCCC(C)(C)OCCC(C)(C)NC(=O)c2ccc(B(O)O)cc2)nc(NCCC(C)(CC)OCCC(C)(C)NC(=O)c2ccc(B(O)O)cc2)n1. The molecule has 4 rings (SSSR count). The molecule has 3 amide bonds. The van der Waals surface area contributed by atoms with Gasteiger partial charge in [-0.3, -0.25) is 14.4 Å². The standard InChI is InChI=1S/C56H88B3N9O12/c1-13-54(10,38-80-56(12,15-3)29-34-60-45(69)39-16-22-42(23-17-39)57(72)73)68-50-64-48(61-33-28-53(8,9)78-36-31-51(4,5)66-46(70)40-18-24-43(25-19-40)58(74)75)63-49(65-50)62-35-30-55(11,14-2)79-37-32-52(6,7)67-47(71)41-20-26-44(27-21-41)59(76)77/h16-27,72-77H,13-15,28-38H2,1-12H3,(H,60,69)(H,66,70)(H,67,71)(H3,61,62,63,64,65,68). The zero-order chi connectivity index (χ0) is 59.5. The molecule has 0 spiro atoms. The lowest BCUT2D eigenvalue weighted by Gasteiger charge is -2.36. The number of ether oxygens (including phenoxy) is 3. The minimum absolute atomic E-state index is 0.279. The Balaban J connectivity index is 1.41. The van der Waals surface area contributed by atoms with Gasteiger partial charge in [0.2, 0.25) is 17.8 Å². The number of carbonyl (C=O) groups excluding carboxylic acids is 3. The first-order valence-corrected chi connectivity index (χ1v) is 27.7. The molecule has 3 unspecified atom stereocenters. The van der Waals surface area contributed by atoms with Crippen molar-refractivity contribution in [2.45, 2.75) is 168 Å². The van der Waals surface area contributed by atoms with Crippen molar-refractivity contribution in [1.29, 1.82) is 0 Å². The number of aromatic nitrogens is 3. The van der Waals surface area contributed by atoms with Gasteiger partial charge in [-0.05, 0) is 166 Å². The van der Waals surface area contributed by atoms with Crippen molar-refractivity contribution < 1.29 is 58.7 Å². The molecule has 80 heavy (non-hydrogen) atoms. The molecule has 1 heterocycles. The Morgan fingerprint density at radius 3 is 1.25 bits per heavy atom. The third kappa shape index (κ3) is 22.3. The zero-order valence-corrected chi connectivity index (χ0v) is 49.0. The van der Waals surface area contributed by atoms with Crippen LogP contribution in [0.3, 0.4) is 0 Å². The van der Waals surface area contributed by atoms with Gasteiger partial charge in [-0.15, -0.1) is 0 Å². The van der Waals surface area contributed by atoms with E-state index in [1.807, 2.05) is 76.2 Å². The largest absolute Gasteiger partial charge is 0.488 e. The van der Waals surface area contributed by atoms with Crippen LogP contribution in [0.4, 0.5) is 17.8 Å². The summed E-state index contributed by atoms with van der Waals surface area (Å²) in [5, 5.41) is 75.9. The first kappa shape index (κ1) is 66.8. The van der Waals surface area contributed by atoms with Crippen LogP contribution in [0.1, 0.15) is 166 Å². The van der Waals surface area contributed by atoms with Crippen LogP contribution in [0.25, 0.3) is 0 Å². The zero-order valence-electron chi connectivity index (χ0n) is 49.0. The van der Waals surface area contributed by atoms with E-state index < -0.39 is 54.8 Å². The molecule has 0 saturated heterocycles. The maximum atomic E-state index is 13.1. The van der Waals surface area contributed by atoms with Crippen LogP contribution in [0, 0.1) is 0 Å². The minimum atomic E-state index is -1.62. The second kappa shape index (κ2) is 29.9. The molecule has 24 heteroatoms. The van der Waals surface area contributed by atoms with Crippen molar-refractivity contribution in [1.82, 2.24) is 30.9 Å². The van der Waals surface area contributed by atoms with E-state index >= 15 is 0 Å². The molecule has 0 fully saturated rings. The summed E-state index contributed by atoms with van der Waals surface area (Å²) >= 11 is 0. The average molecular weight is 1110 g/mol. The Kier molecular flexibility index (Phi) is 24.9. The molecule has 0 aliphatic carbocycles. The third-order valence-corrected chi connectivity index (χ3v) is 14.7. The monoisotopic (exact) mass is 1110 g/mol. The third-order valence-electron chi connectivity index (χ3n) is 14.7. The van der Waals surface area contributed by atoms with E-state index in [4.69, 9.17) is 29.2 Å². The molecule has 0 aliphatic rings. The van der Waals surface area contributed by atoms with Crippen LogP contribution in [-0.4, -0.2) is 157 Å². The van der Waals surface area contributed by atoms with Crippen molar-refractivity contribution in [2.75, 3.05) is 55.4 Å². The molecule has 4 aromatic rings. The van der Waals surface area contributed by atoms with Crippen molar-refractivity contribution in [3.05, 3.63) is 89.5 Å². The lowest BCUT2D eigenvalue weighted by molar-refractivity contribution is -0.0560. The van der Waals surface area contributed by atoms with Crippen molar-refractivity contribution in [3.8, 4) is 0 Å². The number of nitrogens with one attached hydrogen (secondary N) is 6. The normalized spacial score (nSPS) is 14.2. The van der Waals surface area contributed by atoms with E-state index in [0.29, 0.717) is 135 Å². The topological polar surface area (TPSA) is 311 Å². The number of nitrogens with zero attached hydrogens (tertiary/aromatic N) is 3. The molecular formula is C56H88B3N9O12. The van der Waals surface area contributed by atoms with E-state index in [1.54, 1.807) is 36.4 Å². The number of anilines is 3. The number of carbonyl (C=O) groups is 3. The van der Waals surface area contributed by atoms with E-state index in [2.05, 4.69) is 38.8 Å². The van der Waals surface area contributed by atoms with Crippen molar-refractivity contribution in [2.24, 2.45) is 0 Å². The molecule has 12 N–H and O–H groups in total. The van der Waals surface area contributed by atoms with Gasteiger partial charge in [-0.1, -0.05) is 57.2 Å². The van der Waals surface area contributed by atoms with Crippen LogP contribution in [0.2, 0.25) is 0 Å². The first-order valence-electron chi connectivity index (χ1n) is 27.7. The van der Waals surface area contributed by atoms with Crippen LogP contribution in [-0.2, 0) is 14.2 Å². The fourth-order valence-electron chi connectivity index (χ4n) is 8.09. The van der Waals surface area contributed by atoms with Gasteiger partial charge in [-0.2, -0.15) is 15.0 Å². The Morgan fingerprint density at radius 1 is 0.463 bits per heavy atom. The summed E-state index contributed by atoms with van der Waals surface area (Å²) in [5.41, 5.74) is -1.45. The van der Waals surface area contributed by atoms with E-state index in [1.165, 1.54) is 36.4 Å². The van der Waals surface area contributed by atoms with E-state index in [0.717, 1.165) is 0 Å². The van der Waals surface area contributed by atoms with Crippen LogP contribution in [0.5, 0.6) is 0 Å². The second-order valence-corrected chi connectivity index (χ2v) is 23.2. The predicted octanol–water partition coefficient (Wildman–Crippen LogP) is 3.28. The number of benzene rings is 3. The highest BCUT2D eigenvalue weighted by Gasteiger charge is 2.32. The fourth-order valence-corrected chi connectivity index (χ4v) is 8.09. The Bertz CT molecular complexity index is 2580. The highest BCUT2D eigenvalue weighted by Crippen LogP contribution is 2.27. The fraction of sp³-hybridized carbons (Fsp3) is 0.571. The Morgan fingerprint density at radius 2 is 0.838 bits per heavy atom. The molecule has 3 aromatic carbocycles. The van der Waals surface area contributed by atoms with Gasteiger partial charge >= 0.3 is 21.4 Å². The lowest BCUT2D eigenvalue weighted by atomic mass is 9.80. The minimum Gasteiger partial charge on any atom is -0.423 e. The number of hydrogen-bond donors (Lipinski definition) is 12. The molecule has 0 saturated carbocycles. The molecule has 0 aliphatic heterocycles. The van der Waals surface area contributed by atoms with Gasteiger partial charge in [0, 0.05) is 60.6 Å². The second-order valence-electron chi connectivity index (χ2n) is 23.2. The van der Waals surface area contributed by atoms with Gasteiger partial charge in [-0.25, -0.2) is 0 Å². The van der Waals surface area contributed by atoms with Gasteiger partial charge < -0.3 is 76.3 Å². The van der Waals surface area contributed by atoms with Gasteiger partial charge in [0.05, 0.1) is 28.9 Å². The van der Waals surface area contributed by atoms with Gasteiger partial charge in [0.1, 0.15) is 0 Å². The van der Waals surface area contributed by atoms with E-state index in [-0.39, 0.29) is 24.3 Å². The molecule has 21 nitrogen and oxygen atoms in total. The summed E-state index contributed by atoms with van der Waals surface area (Å²) in [5.74, 6) is 0.157. The quantitative estimate of drug-likeness (QED) is 0.0294.